The van der Waals surface area contributed by atoms with Crippen LogP contribution in [0.4, 0.5) is 18.9 Å². The molecule has 0 bridgehead atoms. The Bertz CT molecular complexity index is 532. The second kappa shape index (κ2) is 6.80. The number of para-hydroxylation sites is 2. The molecule has 20 heavy (non-hydrogen) atoms. The summed E-state index contributed by atoms with van der Waals surface area (Å²) in [6.45, 7) is 2.62. The van der Waals surface area contributed by atoms with Gasteiger partial charge in [0.2, 0.25) is 10.0 Å². The Morgan fingerprint density at radius 2 is 1.90 bits per heavy atom. The standard InChI is InChI=1S/C11H15F3N2O3S/c1-2-15-7-8-20(17,18)16-9-5-3-4-6-10(9)19-11(12,13)14/h3-6,15-16H,2,7-8H2,1H3. The Balaban J connectivity index is 2.81. The summed E-state index contributed by atoms with van der Waals surface area (Å²) in [6.07, 6.45) is -4.88. The van der Waals surface area contributed by atoms with E-state index < -0.39 is 22.1 Å². The van der Waals surface area contributed by atoms with E-state index in [1.165, 1.54) is 18.2 Å². The Hall–Kier alpha value is -1.48. The maximum absolute atomic E-state index is 12.2. The fourth-order valence-electron chi connectivity index (χ4n) is 1.37. The van der Waals surface area contributed by atoms with Gasteiger partial charge in [-0.25, -0.2) is 8.42 Å². The van der Waals surface area contributed by atoms with Crippen molar-refractivity contribution in [1.29, 1.82) is 0 Å². The van der Waals surface area contributed by atoms with Gasteiger partial charge in [-0.1, -0.05) is 19.1 Å². The molecule has 0 spiro atoms. The number of halogens is 3. The summed E-state index contributed by atoms with van der Waals surface area (Å²) < 4.78 is 65.8. The average molecular weight is 312 g/mol. The third kappa shape index (κ3) is 6.11. The molecule has 9 heteroatoms. The van der Waals surface area contributed by atoms with E-state index in [0.29, 0.717) is 6.54 Å². The molecule has 1 rings (SSSR count). The van der Waals surface area contributed by atoms with Crippen LogP contribution < -0.4 is 14.8 Å². The predicted octanol–water partition coefficient (Wildman–Crippen LogP) is 1.94. The van der Waals surface area contributed by atoms with Gasteiger partial charge in [0.15, 0.2) is 5.75 Å². The number of benzene rings is 1. The quantitative estimate of drug-likeness (QED) is 0.755. The summed E-state index contributed by atoms with van der Waals surface area (Å²) in [5.41, 5.74) is -0.249. The number of hydrogen-bond donors (Lipinski definition) is 2. The van der Waals surface area contributed by atoms with Crippen LogP contribution in [0.1, 0.15) is 6.92 Å². The monoisotopic (exact) mass is 312 g/mol. The van der Waals surface area contributed by atoms with Crippen LogP contribution in [0.2, 0.25) is 0 Å². The summed E-state index contributed by atoms with van der Waals surface area (Å²) in [7, 11) is -3.74. The minimum atomic E-state index is -4.88. The van der Waals surface area contributed by atoms with E-state index >= 15 is 0 Å². The number of hydrogen-bond acceptors (Lipinski definition) is 4. The molecular formula is C11H15F3N2O3S. The van der Waals surface area contributed by atoms with Crippen LogP contribution in [-0.2, 0) is 10.0 Å². The molecule has 1 aromatic rings. The molecule has 0 amide bonds. The molecule has 2 N–H and O–H groups in total. The van der Waals surface area contributed by atoms with Gasteiger partial charge in [-0.3, -0.25) is 4.72 Å². The molecule has 114 valence electrons. The third-order valence-electron chi connectivity index (χ3n) is 2.18. The molecule has 0 heterocycles. The summed E-state index contributed by atoms with van der Waals surface area (Å²) in [4.78, 5) is 0. The normalized spacial score (nSPS) is 12.2. The van der Waals surface area contributed by atoms with Crippen LogP contribution in [0.25, 0.3) is 0 Å². The second-order valence-electron chi connectivity index (χ2n) is 3.82. The SMILES string of the molecule is CCNCCS(=O)(=O)Nc1ccccc1OC(F)(F)F. The fraction of sp³-hybridized carbons (Fsp3) is 0.455. The lowest BCUT2D eigenvalue weighted by atomic mass is 10.3. The number of alkyl halides is 3. The van der Waals surface area contributed by atoms with E-state index in [1.54, 1.807) is 0 Å². The van der Waals surface area contributed by atoms with E-state index in [-0.39, 0.29) is 18.0 Å². The van der Waals surface area contributed by atoms with Gasteiger partial charge in [-0.15, -0.1) is 13.2 Å². The smallest absolute Gasteiger partial charge is 0.404 e. The highest BCUT2D eigenvalue weighted by Gasteiger charge is 2.32. The van der Waals surface area contributed by atoms with E-state index in [9.17, 15) is 21.6 Å². The fourth-order valence-corrected chi connectivity index (χ4v) is 2.39. The van der Waals surface area contributed by atoms with Crippen molar-refractivity contribution in [3.63, 3.8) is 0 Å². The molecule has 0 saturated carbocycles. The first-order chi connectivity index (χ1) is 9.23. The molecule has 0 saturated heterocycles. The lowest BCUT2D eigenvalue weighted by Crippen LogP contribution is -2.27. The third-order valence-corrected chi connectivity index (χ3v) is 3.45. The molecule has 0 atom stereocenters. The molecule has 5 nitrogen and oxygen atoms in total. The van der Waals surface area contributed by atoms with Crippen LogP contribution in [0.3, 0.4) is 0 Å². The van der Waals surface area contributed by atoms with Crippen LogP contribution in [-0.4, -0.2) is 33.6 Å². The minimum Gasteiger partial charge on any atom is -0.404 e. The van der Waals surface area contributed by atoms with Gasteiger partial charge in [0.1, 0.15) is 0 Å². The zero-order valence-electron chi connectivity index (χ0n) is 10.7. The predicted molar refractivity (Wildman–Crippen MR) is 69.1 cm³/mol. The van der Waals surface area contributed by atoms with Crippen molar-refractivity contribution in [3.8, 4) is 5.75 Å². The Morgan fingerprint density at radius 1 is 1.25 bits per heavy atom. The van der Waals surface area contributed by atoms with Gasteiger partial charge < -0.3 is 10.1 Å². The van der Waals surface area contributed by atoms with Crippen LogP contribution in [0.5, 0.6) is 5.75 Å². The highest BCUT2D eigenvalue weighted by Crippen LogP contribution is 2.30. The van der Waals surface area contributed by atoms with E-state index in [4.69, 9.17) is 0 Å². The van der Waals surface area contributed by atoms with Crippen molar-refractivity contribution in [2.75, 3.05) is 23.6 Å². The number of rotatable bonds is 7. The van der Waals surface area contributed by atoms with Gasteiger partial charge in [-0.05, 0) is 18.7 Å². The number of anilines is 1. The second-order valence-corrected chi connectivity index (χ2v) is 5.66. The molecule has 0 aliphatic heterocycles. The molecule has 1 aromatic carbocycles. The molecule has 0 unspecified atom stereocenters. The van der Waals surface area contributed by atoms with Crippen molar-refractivity contribution in [2.24, 2.45) is 0 Å². The maximum Gasteiger partial charge on any atom is 0.573 e. The Kier molecular flexibility index (Phi) is 5.63. The topological polar surface area (TPSA) is 67.4 Å². The van der Waals surface area contributed by atoms with Crippen LogP contribution >= 0.6 is 0 Å². The molecule has 0 aliphatic rings. The first-order valence-corrected chi connectivity index (χ1v) is 7.45. The summed E-state index contributed by atoms with van der Waals surface area (Å²) in [6, 6.07) is 4.96. The Morgan fingerprint density at radius 3 is 2.50 bits per heavy atom. The van der Waals surface area contributed by atoms with Gasteiger partial charge in [0.05, 0.1) is 11.4 Å². The minimum absolute atomic E-state index is 0.203. The van der Waals surface area contributed by atoms with E-state index in [2.05, 4.69) is 14.8 Å². The molecule has 0 aliphatic carbocycles. The number of sulfonamides is 1. The summed E-state index contributed by atoms with van der Waals surface area (Å²) in [5, 5.41) is 2.81. The number of ether oxygens (including phenoxy) is 1. The largest absolute Gasteiger partial charge is 0.573 e. The van der Waals surface area contributed by atoms with Gasteiger partial charge in [0, 0.05) is 6.54 Å². The van der Waals surface area contributed by atoms with Crippen LogP contribution in [0, 0.1) is 0 Å². The van der Waals surface area contributed by atoms with Gasteiger partial charge in [-0.2, -0.15) is 0 Å². The lowest BCUT2D eigenvalue weighted by molar-refractivity contribution is -0.274. The molecular weight excluding hydrogens is 297 g/mol. The van der Waals surface area contributed by atoms with Crippen molar-refractivity contribution in [3.05, 3.63) is 24.3 Å². The number of nitrogens with one attached hydrogen (secondary N) is 2. The van der Waals surface area contributed by atoms with Gasteiger partial charge >= 0.3 is 6.36 Å². The maximum atomic E-state index is 12.2. The first kappa shape index (κ1) is 16.6. The van der Waals surface area contributed by atoms with Crippen molar-refractivity contribution in [2.45, 2.75) is 13.3 Å². The molecule has 0 aromatic heterocycles. The molecule has 0 fully saturated rings. The average Bonchev–Trinajstić information content (AvgIpc) is 2.30. The van der Waals surface area contributed by atoms with Gasteiger partial charge in [0.25, 0.3) is 0 Å². The van der Waals surface area contributed by atoms with E-state index in [1.807, 2.05) is 6.92 Å². The highest BCUT2D eigenvalue weighted by molar-refractivity contribution is 7.92. The Labute approximate surface area is 115 Å². The zero-order chi connectivity index (χ0) is 15.2. The van der Waals surface area contributed by atoms with Crippen molar-refractivity contribution < 1.29 is 26.3 Å². The first-order valence-electron chi connectivity index (χ1n) is 5.79. The highest BCUT2D eigenvalue weighted by atomic mass is 32.2. The van der Waals surface area contributed by atoms with Crippen molar-refractivity contribution >= 4 is 15.7 Å². The van der Waals surface area contributed by atoms with Crippen LogP contribution in [0.15, 0.2) is 24.3 Å². The summed E-state index contributed by atoms with van der Waals surface area (Å²) in [5.74, 6) is -0.840. The van der Waals surface area contributed by atoms with Crippen molar-refractivity contribution in [1.82, 2.24) is 5.32 Å². The summed E-state index contributed by atoms with van der Waals surface area (Å²) >= 11 is 0. The zero-order valence-corrected chi connectivity index (χ0v) is 11.5. The lowest BCUT2D eigenvalue weighted by Gasteiger charge is -2.14. The van der Waals surface area contributed by atoms with E-state index in [0.717, 1.165) is 6.07 Å². The molecule has 0 radical (unpaired) electrons.